The molecule has 116 valence electrons. The van der Waals surface area contributed by atoms with Gasteiger partial charge < -0.3 is 19.2 Å². The Morgan fingerprint density at radius 3 is 1.91 bits per heavy atom. The van der Waals surface area contributed by atoms with Crippen molar-refractivity contribution in [1.29, 1.82) is 0 Å². The first-order chi connectivity index (χ1) is 10.3. The van der Waals surface area contributed by atoms with Crippen LogP contribution >= 0.6 is 22.6 Å². The van der Waals surface area contributed by atoms with Gasteiger partial charge in [0.15, 0.2) is 17.2 Å². The second kappa shape index (κ2) is 6.34. The average molecular weight is 417 g/mol. The Kier molecular flexibility index (Phi) is 4.69. The van der Waals surface area contributed by atoms with E-state index >= 15 is 0 Å². The Balaban J connectivity index is 2.63. The fraction of sp³-hybridized carbons (Fsp3) is 0.214. The number of H-pyrrole nitrogens is 1. The molecule has 7 nitrogen and oxygen atoms in total. The van der Waals surface area contributed by atoms with Crippen LogP contribution in [0.15, 0.2) is 12.1 Å². The van der Waals surface area contributed by atoms with Crippen molar-refractivity contribution in [3.8, 4) is 17.2 Å². The molecule has 22 heavy (non-hydrogen) atoms. The van der Waals surface area contributed by atoms with Gasteiger partial charge in [-0.3, -0.25) is 14.4 Å². The van der Waals surface area contributed by atoms with Gasteiger partial charge in [-0.15, -0.1) is 0 Å². The molecular weight excluding hydrogens is 405 g/mol. The third-order valence-corrected chi connectivity index (χ3v) is 3.29. The van der Waals surface area contributed by atoms with E-state index in [0.717, 1.165) is 0 Å². The van der Waals surface area contributed by atoms with Crippen LogP contribution in [0, 0.1) is 3.70 Å². The highest BCUT2D eigenvalue weighted by atomic mass is 127. The Morgan fingerprint density at radius 1 is 0.909 bits per heavy atom. The summed E-state index contributed by atoms with van der Waals surface area (Å²) in [6, 6.07) is 2.98. The Morgan fingerprint density at radius 2 is 1.41 bits per heavy atom. The Labute approximate surface area is 139 Å². The van der Waals surface area contributed by atoms with Crippen LogP contribution in [0.1, 0.15) is 20.8 Å². The van der Waals surface area contributed by atoms with Crippen molar-refractivity contribution in [2.45, 2.75) is 20.8 Å². The lowest BCUT2D eigenvalue weighted by Gasteiger charge is -2.09. The van der Waals surface area contributed by atoms with Crippen molar-refractivity contribution in [2.24, 2.45) is 0 Å². The van der Waals surface area contributed by atoms with Gasteiger partial charge in [-0.2, -0.15) is 0 Å². The van der Waals surface area contributed by atoms with Crippen LogP contribution in [0.4, 0.5) is 0 Å². The topological polar surface area (TPSA) is 94.7 Å². The highest BCUT2D eigenvalue weighted by Crippen LogP contribution is 2.39. The molecule has 1 N–H and O–H groups in total. The zero-order valence-electron chi connectivity index (χ0n) is 12.0. The van der Waals surface area contributed by atoms with Gasteiger partial charge in [0.2, 0.25) is 0 Å². The molecule has 1 aromatic heterocycles. The van der Waals surface area contributed by atoms with E-state index in [0.29, 0.717) is 20.4 Å². The number of aromatic nitrogens is 1. The van der Waals surface area contributed by atoms with Gasteiger partial charge in [-0.25, -0.2) is 0 Å². The summed E-state index contributed by atoms with van der Waals surface area (Å²) in [4.78, 5) is 36.6. The summed E-state index contributed by atoms with van der Waals surface area (Å²) < 4.78 is 15.8. The summed E-state index contributed by atoms with van der Waals surface area (Å²) in [6.45, 7) is 3.76. The standard InChI is InChI=1S/C14H12INO6/c1-6(17)20-11-4-9-10(5-12(11)21-7(2)18)16-14(15)13(9)22-8(3)19/h4-5,16H,1-3H3. The Bertz CT molecular complexity index is 779. The predicted molar refractivity (Wildman–Crippen MR) is 84.9 cm³/mol. The molecule has 0 spiro atoms. The largest absolute Gasteiger partial charge is 0.423 e. The summed E-state index contributed by atoms with van der Waals surface area (Å²) >= 11 is 1.97. The quantitative estimate of drug-likeness (QED) is 0.469. The van der Waals surface area contributed by atoms with Crippen LogP contribution < -0.4 is 14.2 Å². The molecule has 0 bridgehead atoms. The number of carbonyl (C=O) groups is 3. The van der Waals surface area contributed by atoms with Crippen molar-refractivity contribution >= 4 is 51.4 Å². The normalized spacial score (nSPS) is 10.4. The van der Waals surface area contributed by atoms with Crippen molar-refractivity contribution in [2.75, 3.05) is 0 Å². The number of benzene rings is 1. The maximum absolute atomic E-state index is 11.2. The van der Waals surface area contributed by atoms with Crippen LogP contribution in [-0.2, 0) is 14.4 Å². The smallest absolute Gasteiger partial charge is 0.308 e. The van der Waals surface area contributed by atoms with Crippen molar-refractivity contribution < 1.29 is 28.6 Å². The molecule has 0 saturated carbocycles. The van der Waals surface area contributed by atoms with E-state index in [2.05, 4.69) is 4.98 Å². The molecular formula is C14H12INO6. The average Bonchev–Trinajstić information content (AvgIpc) is 2.64. The lowest BCUT2D eigenvalue weighted by Crippen LogP contribution is -2.07. The first-order valence-electron chi connectivity index (χ1n) is 6.18. The SMILES string of the molecule is CC(=O)Oc1cc2[nH]c(I)c(OC(C)=O)c2cc1OC(C)=O. The van der Waals surface area contributed by atoms with Gasteiger partial charge >= 0.3 is 17.9 Å². The second-order valence-electron chi connectivity index (χ2n) is 4.39. The molecule has 1 heterocycles. The van der Waals surface area contributed by atoms with Gasteiger partial charge in [-0.1, -0.05) is 0 Å². The lowest BCUT2D eigenvalue weighted by atomic mass is 10.2. The summed E-state index contributed by atoms with van der Waals surface area (Å²) in [5, 5.41) is 0.534. The van der Waals surface area contributed by atoms with E-state index in [1.54, 1.807) is 0 Å². The number of halogens is 1. The van der Waals surface area contributed by atoms with E-state index in [1.807, 2.05) is 22.6 Å². The fourth-order valence-corrected chi connectivity index (χ4v) is 2.55. The van der Waals surface area contributed by atoms with Crippen molar-refractivity contribution in [3.05, 3.63) is 15.8 Å². The van der Waals surface area contributed by atoms with Crippen molar-refractivity contribution in [1.82, 2.24) is 4.98 Å². The summed E-state index contributed by atoms with van der Waals surface area (Å²) in [5.41, 5.74) is 0.577. The molecule has 0 unspecified atom stereocenters. The maximum atomic E-state index is 11.2. The Hall–Kier alpha value is -2.10. The molecule has 1 aromatic carbocycles. The first-order valence-corrected chi connectivity index (χ1v) is 7.26. The number of esters is 3. The van der Waals surface area contributed by atoms with Crippen LogP contribution in [-0.4, -0.2) is 22.9 Å². The number of fused-ring (bicyclic) bond motifs is 1. The van der Waals surface area contributed by atoms with Gasteiger partial charge in [0.25, 0.3) is 0 Å². The molecule has 0 atom stereocenters. The lowest BCUT2D eigenvalue weighted by molar-refractivity contribution is -0.134. The molecule has 0 aliphatic heterocycles. The number of hydrogen-bond acceptors (Lipinski definition) is 6. The molecule has 2 rings (SSSR count). The van der Waals surface area contributed by atoms with Gasteiger partial charge in [-0.05, 0) is 28.7 Å². The number of aromatic amines is 1. The zero-order chi connectivity index (χ0) is 16.4. The third-order valence-electron chi connectivity index (χ3n) is 2.53. The summed E-state index contributed by atoms with van der Waals surface area (Å²) in [5.74, 6) is -1.09. The summed E-state index contributed by atoms with van der Waals surface area (Å²) in [6.07, 6.45) is 0. The maximum Gasteiger partial charge on any atom is 0.308 e. The number of ether oxygens (including phenoxy) is 3. The number of hydrogen-bond donors (Lipinski definition) is 1. The second-order valence-corrected chi connectivity index (χ2v) is 5.47. The fourth-order valence-electron chi connectivity index (χ4n) is 1.86. The number of rotatable bonds is 3. The minimum absolute atomic E-state index is 0.0685. The van der Waals surface area contributed by atoms with Gasteiger partial charge in [0.05, 0.1) is 5.52 Å². The van der Waals surface area contributed by atoms with E-state index < -0.39 is 17.9 Å². The molecule has 2 aromatic rings. The highest BCUT2D eigenvalue weighted by Gasteiger charge is 2.19. The van der Waals surface area contributed by atoms with E-state index in [-0.39, 0.29) is 11.5 Å². The van der Waals surface area contributed by atoms with Crippen LogP contribution in [0.5, 0.6) is 17.2 Å². The molecule has 0 fully saturated rings. The molecule has 0 amide bonds. The molecule has 0 aliphatic rings. The molecule has 0 aliphatic carbocycles. The predicted octanol–water partition coefficient (Wildman–Crippen LogP) is 2.55. The van der Waals surface area contributed by atoms with Crippen LogP contribution in [0.2, 0.25) is 0 Å². The van der Waals surface area contributed by atoms with E-state index in [9.17, 15) is 14.4 Å². The van der Waals surface area contributed by atoms with E-state index in [1.165, 1.54) is 32.9 Å². The zero-order valence-corrected chi connectivity index (χ0v) is 14.1. The number of carbonyl (C=O) groups excluding carboxylic acids is 3. The third kappa shape index (κ3) is 3.56. The summed E-state index contributed by atoms with van der Waals surface area (Å²) in [7, 11) is 0. The van der Waals surface area contributed by atoms with Gasteiger partial charge in [0.1, 0.15) is 3.70 Å². The van der Waals surface area contributed by atoms with Crippen LogP contribution in [0.3, 0.4) is 0 Å². The van der Waals surface area contributed by atoms with Crippen LogP contribution in [0.25, 0.3) is 10.9 Å². The van der Waals surface area contributed by atoms with Crippen molar-refractivity contribution in [3.63, 3.8) is 0 Å². The first kappa shape index (κ1) is 16.3. The number of nitrogens with one attached hydrogen (secondary N) is 1. The highest BCUT2D eigenvalue weighted by molar-refractivity contribution is 14.1. The van der Waals surface area contributed by atoms with Gasteiger partial charge in [0, 0.05) is 32.2 Å². The molecule has 8 heteroatoms. The van der Waals surface area contributed by atoms with E-state index in [4.69, 9.17) is 14.2 Å². The molecule has 0 radical (unpaired) electrons. The molecule has 0 saturated heterocycles. The minimum Gasteiger partial charge on any atom is -0.423 e. The monoisotopic (exact) mass is 417 g/mol. The minimum atomic E-state index is -0.563.